The van der Waals surface area contributed by atoms with E-state index < -0.39 is 0 Å². The summed E-state index contributed by atoms with van der Waals surface area (Å²) in [5.74, 6) is 0.955. The molecule has 0 saturated carbocycles. The van der Waals surface area contributed by atoms with Gasteiger partial charge in [0.1, 0.15) is 5.82 Å². The van der Waals surface area contributed by atoms with Gasteiger partial charge in [0.05, 0.1) is 11.9 Å². The van der Waals surface area contributed by atoms with E-state index in [1.165, 1.54) is 16.3 Å². The minimum absolute atomic E-state index is 0.729. The van der Waals surface area contributed by atoms with E-state index in [1.807, 2.05) is 30.5 Å². The molecule has 0 aliphatic rings. The lowest BCUT2D eigenvalue weighted by Crippen LogP contribution is -1.92. The third-order valence-electron chi connectivity index (χ3n) is 4.00. The number of hydrogen-bond donors (Lipinski definition) is 1. The van der Waals surface area contributed by atoms with Crippen molar-refractivity contribution in [2.75, 3.05) is 0 Å². The Morgan fingerprint density at radius 2 is 1.74 bits per heavy atom. The third kappa shape index (κ3) is 2.86. The summed E-state index contributed by atoms with van der Waals surface area (Å²) in [4.78, 5) is 7.93. The molecule has 0 spiro atoms. The summed E-state index contributed by atoms with van der Waals surface area (Å²) in [5, 5.41) is 3.26. The number of fused-ring (bicyclic) bond motifs is 1. The fourth-order valence-corrected chi connectivity index (χ4v) is 3.07. The van der Waals surface area contributed by atoms with Crippen molar-refractivity contribution in [3.05, 3.63) is 89.3 Å². The number of nitrogens with one attached hydrogen (secondary N) is 1. The van der Waals surface area contributed by atoms with Crippen LogP contribution in [0.15, 0.2) is 72.9 Å². The zero-order valence-corrected chi connectivity index (χ0v) is 13.2. The first kappa shape index (κ1) is 14.0. The molecule has 0 aliphatic heterocycles. The second kappa shape index (κ2) is 5.90. The molecule has 3 heteroatoms. The first-order valence-corrected chi connectivity index (χ1v) is 7.94. The van der Waals surface area contributed by atoms with E-state index in [2.05, 4.69) is 52.4 Å². The Labute approximate surface area is 139 Å². The lowest BCUT2D eigenvalue weighted by molar-refractivity contribution is 1.04. The second-order valence-corrected chi connectivity index (χ2v) is 6.01. The summed E-state index contributed by atoms with van der Waals surface area (Å²) in [5.41, 5.74) is 3.31. The molecule has 1 N–H and O–H groups in total. The maximum atomic E-state index is 6.06. The molecule has 23 heavy (non-hydrogen) atoms. The van der Waals surface area contributed by atoms with E-state index in [9.17, 15) is 0 Å². The molecule has 4 rings (SSSR count). The summed E-state index contributed by atoms with van der Waals surface area (Å²) in [6.45, 7) is 0. The fourth-order valence-electron chi connectivity index (χ4n) is 2.88. The highest BCUT2D eigenvalue weighted by Gasteiger charge is 2.07. The highest BCUT2D eigenvalue weighted by Crippen LogP contribution is 2.23. The molecule has 3 aromatic carbocycles. The maximum Gasteiger partial charge on any atom is 0.110 e. The summed E-state index contributed by atoms with van der Waals surface area (Å²) in [6, 6.07) is 22.6. The van der Waals surface area contributed by atoms with Gasteiger partial charge in [-0.1, -0.05) is 66.2 Å². The Bertz CT molecular complexity index is 967. The van der Waals surface area contributed by atoms with Crippen molar-refractivity contribution >= 4 is 22.4 Å². The molecular formula is C20H15ClN2. The molecule has 0 aliphatic carbocycles. The van der Waals surface area contributed by atoms with Gasteiger partial charge in [-0.3, -0.25) is 0 Å². The zero-order chi connectivity index (χ0) is 15.6. The van der Waals surface area contributed by atoms with Gasteiger partial charge in [0.2, 0.25) is 0 Å². The first-order chi connectivity index (χ1) is 11.3. The quantitative estimate of drug-likeness (QED) is 0.533. The normalized spacial score (nSPS) is 11.0. The van der Waals surface area contributed by atoms with Crippen molar-refractivity contribution in [1.29, 1.82) is 0 Å². The van der Waals surface area contributed by atoms with E-state index in [0.29, 0.717) is 0 Å². The summed E-state index contributed by atoms with van der Waals surface area (Å²) in [7, 11) is 0. The molecule has 2 nitrogen and oxygen atoms in total. The van der Waals surface area contributed by atoms with Crippen molar-refractivity contribution in [2.45, 2.75) is 6.42 Å². The Kier molecular flexibility index (Phi) is 3.60. The first-order valence-electron chi connectivity index (χ1n) is 7.56. The maximum absolute atomic E-state index is 6.06. The minimum atomic E-state index is 0.729. The topological polar surface area (TPSA) is 28.7 Å². The molecule has 1 heterocycles. The number of nitrogens with zero attached hydrogens (tertiary/aromatic N) is 1. The predicted molar refractivity (Wildman–Crippen MR) is 95.8 cm³/mol. The van der Waals surface area contributed by atoms with Gasteiger partial charge in [-0.05, 0) is 28.5 Å². The Morgan fingerprint density at radius 1 is 0.913 bits per heavy atom. The number of imidazole rings is 1. The number of rotatable bonds is 3. The number of benzene rings is 3. The van der Waals surface area contributed by atoms with E-state index in [4.69, 9.17) is 11.6 Å². The second-order valence-electron chi connectivity index (χ2n) is 5.57. The van der Waals surface area contributed by atoms with Gasteiger partial charge in [0, 0.05) is 17.0 Å². The Morgan fingerprint density at radius 3 is 2.65 bits per heavy atom. The molecule has 0 amide bonds. The smallest absolute Gasteiger partial charge is 0.110 e. The van der Waals surface area contributed by atoms with Crippen LogP contribution in [0.1, 0.15) is 11.4 Å². The lowest BCUT2D eigenvalue weighted by Gasteiger charge is -2.05. The van der Waals surface area contributed by atoms with Crippen LogP contribution < -0.4 is 0 Å². The SMILES string of the molecule is Clc1cccc(-c2cnc(Cc3cccc4ccccc34)[nH]2)c1. The van der Waals surface area contributed by atoms with E-state index in [1.54, 1.807) is 0 Å². The third-order valence-corrected chi connectivity index (χ3v) is 4.24. The van der Waals surface area contributed by atoms with Crippen LogP contribution in [0.2, 0.25) is 5.02 Å². The van der Waals surface area contributed by atoms with Crippen molar-refractivity contribution < 1.29 is 0 Å². The summed E-state index contributed by atoms with van der Waals surface area (Å²) in [6.07, 6.45) is 2.65. The van der Waals surface area contributed by atoms with Crippen molar-refractivity contribution in [2.24, 2.45) is 0 Å². The average molecular weight is 319 g/mol. The summed E-state index contributed by atoms with van der Waals surface area (Å²) < 4.78 is 0. The lowest BCUT2D eigenvalue weighted by atomic mass is 10.0. The Hall–Kier alpha value is -2.58. The summed E-state index contributed by atoms with van der Waals surface area (Å²) >= 11 is 6.06. The van der Waals surface area contributed by atoms with Crippen LogP contribution in [0.4, 0.5) is 0 Å². The van der Waals surface area contributed by atoms with Crippen molar-refractivity contribution in [3.63, 3.8) is 0 Å². The molecule has 112 valence electrons. The largest absolute Gasteiger partial charge is 0.342 e. The van der Waals surface area contributed by atoms with Crippen LogP contribution >= 0.6 is 11.6 Å². The minimum Gasteiger partial charge on any atom is -0.342 e. The standard InChI is InChI=1S/C20H15ClN2/c21-17-9-4-8-16(11-17)19-13-22-20(23-19)12-15-7-3-6-14-5-1-2-10-18(14)15/h1-11,13H,12H2,(H,22,23). The number of aromatic amines is 1. The molecule has 0 atom stereocenters. The van der Waals surface area contributed by atoms with Crippen LogP contribution in [0.5, 0.6) is 0 Å². The molecule has 0 saturated heterocycles. The molecule has 0 radical (unpaired) electrons. The molecule has 0 bridgehead atoms. The van der Waals surface area contributed by atoms with Gasteiger partial charge in [-0.15, -0.1) is 0 Å². The molecule has 0 fully saturated rings. The van der Waals surface area contributed by atoms with Crippen molar-refractivity contribution in [1.82, 2.24) is 9.97 Å². The molecule has 4 aromatic rings. The highest BCUT2D eigenvalue weighted by atomic mass is 35.5. The van der Waals surface area contributed by atoms with E-state index in [0.717, 1.165) is 28.5 Å². The number of H-pyrrole nitrogens is 1. The molecular weight excluding hydrogens is 304 g/mol. The fraction of sp³-hybridized carbons (Fsp3) is 0.0500. The monoisotopic (exact) mass is 318 g/mol. The molecule has 0 unspecified atom stereocenters. The number of halogens is 1. The van der Waals surface area contributed by atoms with Gasteiger partial charge in [0.15, 0.2) is 0 Å². The molecule has 1 aromatic heterocycles. The highest BCUT2D eigenvalue weighted by molar-refractivity contribution is 6.30. The van der Waals surface area contributed by atoms with Gasteiger partial charge in [0.25, 0.3) is 0 Å². The van der Waals surface area contributed by atoms with Crippen LogP contribution in [0.25, 0.3) is 22.0 Å². The van der Waals surface area contributed by atoms with Gasteiger partial charge in [-0.2, -0.15) is 0 Å². The predicted octanol–water partition coefficient (Wildman–Crippen LogP) is 5.47. The number of hydrogen-bond acceptors (Lipinski definition) is 1. The Balaban J connectivity index is 1.67. The zero-order valence-electron chi connectivity index (χ0n) is 12.5. The van der Waals surface area contributed by atoms with Gasteiger partial charge in [-0.25, -0.2) is 4.98 Å². The average Bonchev–Trinajstić information content (AvgIpc) is 3.04. The van der Waals surface area contributed by atoms with Crippen LogP contribution in [-0.2, 0) is 6.42 Å². The van der Waals surface area contributed by atoms with Crippen LogP contribution in [0.3, 0.4) is 0 Å². The van der Waals surface area contributed by atoms with E-state index in [-0.39, 0.29) is 0 Å². The van der Waals surface area contributed by atoms with E-state index >= 15 is 0 Å². The van der Waals surface area contributed by atoms with Gasteiger partial charge >= 0.3 is 0 Å². The van der Waals surface area contributed by atoms with Crippen LogP contribution in [0, 0.1) is 0 Å². The van der Waals surface area contributed by atoms with Crippen LogP contribution in [-0.4, -0.2) is 9.97 Å². The number of aromatic nitrogens is 2. The van der Waals surface area contributed by atoms with Crippen molar-refractivity contribution in [3.8, 4) is 11.3 Å². The van der Waals surface area contributed by atoms with Gasteiger partial charge < -0.3 is 4.98 Å².